The van der Waals surface area contributed by atoms with Gasteiger partial charge in [0.2, 0.25) is 0 Å². The van der Waals surface area contributed by atoms with Crippen LogP contribution in [0.25, 0.3) is 27.7 Å². The first-order chi connectivity index (χ1) is 19.1. The molecule has 0 unspecified atom stereocenters. The first-order valence-electron chi connectivity index (χ1n) is 12.6. The summed E-state index contributed by atoms with van der Waals surface area (Å²) in [5.41, 5.74) is 3.32. The van der Waals surface area contributed by atoms with E-state index >= 15 is 0 Å². The van der Waals surface area contributed by atoms with E-state index in [2.05, 4.69) is 9.97 Å². The van der Waals surface area contributed by atoms with Gasteiger partial charge in [-0.2, -0.15) is 0 Å². The first-order valence-corrected chi connectivity index (χ1v) is 12.6. The van der Waals surface area contributed by atoms with Crippen molar-refractivity contribution in [3.05, 3.63) is 102 Å². The van der Waals surface area contributed by atoms with Crippen molar-refractivity contribution < 1.29 is 28.5 Å². The minimum atomic E-state index is -1.08. The van der Waals surface area contributed by atoms with Gasteiger partial charge in [-0.3, -0.25) is 0 Å². The van der Waals surface area contributed by atoms with Gasteiger partial charge in [-0.15, -0.1) is 0 Å². The molecule has 0 aliphatic rings. The lowest BCUT2D eigenvalue weighted by atomic mass is 9.79. The number of benzene rings is 3. The number of aryl methyl sites for hydroxylation is 1. The second-order valence-electron chi connectivity index (χ2n) is 10.2. The van der Waals surface area contributed by atoms with Gasteiger partial charge in [-0.1, -0.05) is 26.0 Å². The zero-order chi connectivity index (χ0) is 28.6. The van der Waals surface area contributed by atoms with Crippen molar-refractivity contribution >= 4 is 16.9 Å². The molecule has 5 rings (SSSR count). The highest BCUT2D eigenvalue weighted by atomic mass is 19.1. The molecule has 0 spiro atoms. The second-order valence-corrected chi connectivity index (χ2v) is 10.2. The number of aromatic carboxylic acids is 1. The van der Waals surface area contributed by atoms with Gasteiger partial charge in [-0.05, 0) is 60.4 Å². The van der Waals surface area contributed by atoms with Crippen molar-refractivity contribution in [3.8, 4) is 28.3 Å². The second kappa shape index (κ2) is 10.4. The van der Waals surface area contributed by atoms with E-state index in [9.17, 15) is 23.8 Å². The van der Waals surface area contributed by atoms with E-state index in [1.165, 1.54) is 37.7 Å². The van der Waals surface area contributed by atoms with E-state index in [1.807, 2.05) is 18.4 Å². The quantitative estimate of drug-likeness (QED) is 0.226. The van der Waals surface area contributed by atoms with E-state index in [-0.39, 0.29) is 16.7 Å². The Balaban J connectivity index is 1.85. The number of phenols is 1. The largest absolute Gasteiger partial charge is 0.504 e. The number of ether oxygens (including phenoxy) is 1. The zero-order valence-electron chi connectivity index (χ0n) is 22.2. The van der Waals surface area contributed by atoms with Crippen molar-refractivity contribution in [1.82, 2.24) is 14.5 Å². The molecule has 204 valence electrons. The number of carboxylic acid groups (broad SMARTS) is 1. The van der Waals surface area contributed by atoms with Crippen LogP contribution >= 0.6 is 0 Å². The molecule has 0 radical (unpaired) electrons. The van der Waals surface area contributed by atoms with E-state index < -0.39 is 28.8 Å². The lowest BCUT2D eigenvalue weighted by Gasteiger charge is -2.29. The summed E-state index contributed by atoms with van der Waals surface area (Å²) in [5, 5.41) is 20.8. The third kappa shape index (κ3) is 4.75. The Bertz CT molecular complexity index is 1720. The smallest absolute Gasteiger partial charge is 0.335 e. The van der Waals surface area contributed by atoms with E-state index in [1.54, 1.807) is 42.7 Å². The molecule has 0 saturated carbocycles. The fourth-order valence-corrected chi connectivity index (χ4v) is 5.13. The third-order valence-corrected chi connectivity index (χ3v) is 7.17. The van der Waals surface area contributed by atoms with E-state index in [0.29, 0.717) is 35.2 Å². The van der Waals surface area contributed by atoms with Crippen molar-refractivity contribution in [2.24, 2.45) is 0 Å². The van der Waals surface area contributed by atoms with Gasteiger partial charge in [0, 0.05) is 40.8 Å². The highest BCUT2D eigenvalue weighted by Crippen LogP contribution is 2.48. The number of phenolic OH excluding ortho intramolecular Hbond substituents is 1. The molecule has 0 fully saturated rings. The average Bonchev–Trinajstić information content (AvgIpc) is 3.31. The molecular formula is C31H27F2N3O4. The Morgan fingerprint density at radius 2 is 1.68 bits per heavy atom. The van der Waals surface area contributed by atoms with Crippen molar-refractivity contribution in [2.45, 2.75) is 32.1 Å². The molecule has 0 aliphatic carbocycles. The molecule has 2 aromatic heterocycles. The number of hydrogen-bond donors (Lipinski definition) is 2. The number of carbonyl (C=O) groups is 1. The fourth-order valence-electron chi connectivity index (χ4n) is 5.13. The molecule has 5 aromatic rings. The summed E-state index contributed by atoms with van der Waals surface area (Å²) in [6.45, 7) is 4.07. The molecule has 0 saturated heterocycles. The van der Waals surface area contributed by atoms with Crippen LogP contribution in [0.4, 0.5) is 8.78 Å². The van der Waals surface area contributed by atoms with Crippen LogP contribution < -0.4 is 4.74 Å². The van der Waals surface area contributed by atoms with Gasteiger partial charge < -0.3 is 19.5 Å². The summed E-state index contributed by atoms with van der Waals surface area (Å²) in [4.78, 5) is 19.7. The number of nitrogens with zero attached hydrogens (tertiary/aromatic N) is 3. The Hall–Kier alpha value is -4.79. The predicted molar refractivity (Wildman–Crippen MR) is 147 cm³/mol. The van der Waals surface area contributed by atoms with E-state index in [4.69, 9.17) is 4.74 Å². The highest BCUT2D eigenvalue weighted by Gasteiger charge is 2.33. The topological polar surface area (TPSA) is 97.5 Å². The molecule has 3 aromatic carbocycles. The Labute approximate surface area is 229 Å². The van der Waals surface area contributed by atoms with Crippen LogP contribution in [0.15, 0.2) is 73.3 Å². The molecule has 2 N–H and O–H groups in total. The van der Waals surface area contributed by atoms with Crippen LogP contribution in [0, 0.1) is 11.6 Å². The molecule has 0 amide bonds. The van der Waals surface area contributed by atoms with Gasteiger partial charge in [0.25, 0.3) is 0 Å². The Morgan fingerprint density at radius 1 is 1.00 bits per heavy atom. The van der Waals surface area contributed by atoms with Crippen molar-refractivity contribution in [3.63, 3.8) is 0 Å². The van der Waals surface area contributed by atoms with Crippen LogP contribution in [-0.2, 0) is 11.8 Å². The standard InChI is InChI=1S/C31H27F2N3O4/c1-31(2,13-12-18-15-34-17-35-16-18)29-26(19-4-6-20(7-5-19)30(38)39)27-24(11-10-23(33)28(27)37)36(29)21-8-9-22(32)25(14-21)40-3/h4-11,14-17,37H,12-13H2,1-3H3,(H,38,39). The third-order valence-electron chi connectivity index (χ3n) is 7.17. The monoisotopic (exact) mass is 543 g/mol. The van der Waals surface area contributed by atoms with Gasteiger partial charge in [0.1, 0.15) is 6.33 Å². The van der Waals surface area contributed by atoms with Crippen molar-refractivity contribution in [1.29, 1.82) is 0 Å². The van der Waals surface area contributed by atoms with Crippen molar-refractivity contribution in [2.75, 3.05) is 7.11 Å². The minimum Gasteiger partial charge on any atom is -0.504 e. The minimum absolute atomic E-state index is 0.0308. The summed E-state index contributed by atoms with van der Waals surface area (Å²) >= 11 is 0. The molecule has 0 bridgehead atoms. The number of aromatic nitrogens is 3. The summed E-state index contributed by atoms with van der Waals surface area (Å²) in [7, 11) is 1.37. The van der Waals surface area contributed by atoms with Crippen LogP contribution in [0.3, 0.4) is 0 Å². The molecule has 40 heavy (non-hydrogen) atoms. The molecule has 0 aliphatic heterocycles. The average molecular weight is 544 g/mol. The zero-order valence-corrected chi connectivity index (χ0v) is 22.2. The number of rotatable bonds is 8. The fraction of sp³-hybridized carbons (Fsp3) is 0.194. The summed E-state index contributed by atoms with van der Waals surface area (Å²) in [6, 6.07) is 13.4. The molecule has 7 nitrogen and oxygen atoms in total. The van der Waals surface area contributed by atoms with Gasteiger partial charge in [0.05, 0.1) is 23.6 Å². The summed E-state index contributed by atoms with van der Waals surface area (Å²) in [5.74, 6) is -2.91. The van der Waals surface area contributed by atoms with Crippen LogP contribution in [-0.4, -0.2) is 37.8 Å². The SMILES string of the molecule is COc1cc(-n2c(C(C)(C)CCc3cncnc3)c(-c3ccc(C(=O)O)cc3)c3c(O)c(F)ccc32)ccc1F. The van der Waals surface area contributed by atoms with Crippen LogP contribution in [0.1, 0.15) is 41.9 Å². The lowest BCUT2D eigenvalue weighted by Crippen LogP contribution is -2.23. The van der Waals surface area contributed by atoms with Crippen LogP contribution in [0.2, 0.25) is 0 Å². The summed E-state index contributed by atoms with van der Waals surface area (Å²) < 4.78 is 36.5. The van der Waals surface area contributed by atoms with Gasteiger partial charge >= 0.3 is 5.97 Å². The number of fused-ring (bicyclic) bond motifs is 1. The highest BCUT2D eigenvalue weighted by molar-refractivity contribution is 6.04. The maximum atomic E-state index is 14.9. The number of carboxylic acids is 1. The number of aromatic hydroxyl groups is 1. The van der Waals surface area contributed by atoms with Crippen LogP contribution in [0.5, 0.6) is 11.5 Å². The summed E-state index contributed by atoms with van der Waals surface area (Å²) in [6.07, 6.45) is 6.19. The Kier molecular flexibility index (Phi) is 6.97. The predicted octanol–water partition coefficient (Wildman–Crippen LogP) is 6.69. The Morgan fingerprint density at radius 3 is 2.33 bits per heavy atom. The maximum Gasteiger partial charge on any atom is 0.335 e. The van der Waals surface area contributed by atoms with Gasteiger partial charge in [-0.25, -0.2) is 23.5 Å². The molecule has 2 heterocycles. The molecule has 0 atom stereocenters. The number of halogens is 2. The lowest BCUT2D eigenvalue weighted by molar-refractivity contribution is 0.0697. The number of methoxy groups -OCH3 is 1. The number of hydrogen-bond acceptors (Lipinski definition) is 5. The first kappa shape index (κ1) is 26.8. The molecular weight excluding hydrogens is 516 g/mol. The van der Waals surface area contributed by atoms with E-state index in [0.717, 1.165) is 11.3 Å². The maximum absolute atomic E-state index is 14.9. The molecule has 9 heteroatoms. The normalized spacial score (nSPS) is 11.6. The van der Waals surface area contributed by atoms with Gasteiger partial charge in [0.15, 0.2) is 23.1 Å².